The quantitative estimate of drug-likeness (QED) is 0.483. The molecule has 0 saturated heterocycles. The summed E-state index contributed by atoms with van der Waals surface area (Å²) >= 11 is 0. The number of hydrogen-bond donors (Lipinski definition) is 0. The molecule has 0 N–H and O–H groups in total. The van der Waals surface area contributed by atoms with E-state index >= 15 is 0 Å². The van der Waals surface area contributed by atoms with Crippen LogP contribution in [-0.2, 0) is 0 Å². The van der Waals surface area contributed by atoms with Gasteiger partial charge in [-0.25, -0.2) is 0 Å². The van der Waals surface area contributed by atoms with Gasteiger partial charge in [-0.05, 0) is 11.8 Å². The fourth-order valence-corrected chi connectivity index (χ4v) is 1.21. The summed E-state index contributed by atoms with van der Waals surface area (Å²) in [6.45, 7) is 3.88. The van der Waals surface area contributed by atoms with Gasteiger partial charge in [0, 0.05) is 0 Å². The molecular weight excluding hydrogens is 112 g/mol. The monoisotopic (exact) mass is 120 g/mol. The molecule has 0 bridgehead atoms. The van der Waals surface area contributed by atoms with E-state index in [0.717, 1.165) is 0 Å². The first kappa shape index (κ1) is 6.11. The average molecular weight is 120 g/mol. The standard InChI is InChI=1S/C7H8N2/c1-5-6(2)7(5,3-8)4-9/h5-6H,1-2H3/t5-,6-/m0/s1. The van der Waals surface area contributed by atoms with Crippen molar-refractivity contribution in [3.63, 3.8) is 0 Å². The number of nitrogens with zero attached hydrogens (tertiary/aromatic N) is 2. The predicted molar refractivity (Wildman–Crippen MR) is 32.0 cm³/mol. The maximum Gasteiger partial charge on any atom is 0.149 e. The Hall–Kier alpha value is -1.02. The summed E-state index contributed by atoms with van der Waals surface area (Å²) in [5, 5.41) is 17.0. The maximum absolute atomic E-state index is 8.52. The normalized spacial score (nSPS) is 36.4. The molecule has 0 amide bonds. The van der Waals surface area contributed by atoms with Crippen molar-refractivity contribution < 1.29 is 0 Å². The fraction of sp³-hybridized carbons (Fsp3) is 0.714. The summed E-state index contributed by atoms with van der Waals surface area (Å²) < 4.78 is 0. The van der Waals surface area contributed by atoms with Crippen LogP contribution in [0.2, 0.25) is 0 Å². The van der Waals surface area contributed by atoms with E-state index in [1.807, 2.05) is 26.0 Å². The highest BCUT2D eigenvalue weighted by Gasteiger charge is 2.61. The minimum absolute atomic E-state index is 0.271. The Kier molecular flexibility index (Phi) is 1.01. The zero-order valence-corrected chi connectivity index (χ0v) is 5.55. The molecule has 46 valence electrons. The Balaban J connectivity index is 2.84. The van der Waals surface area contributed by atoms with Crippen LogP contribution in [-0.4, -0.2) is 0 Å². The third-order valence-corrected chi connectivity index (χ3v) is 2.45. The molecule has 2 atom stereocenters. The van der Waals surface area contributed by atoms with Crippen LogP contribution in [0.3, 0.4) is 0 Å². The van der Waals surface area contributed by atoms with Gasteiger partial charge >= 0.3 is 0 Å². The molecule has 9 heavy (non-hydrogen) atoms. The number of rotatable bonds is 0. The second kappa shape index (κ2) is 1.48. The molecule has 2 nitrogen and oxygen atoms in total. The van der Waals surface area contributed by atoms with E-state index in [1.165, 1.54) is 0 Å². The molecule has 0 aliphatic heterocycles. The second-order valence-corrected chi connectivity index (χ2v) is 2.67. The van der Waals surface area contributed by atoms with Gasteiger partial charge in [0.1, 0.15) is 5.41 Å². The first-order chi connectivity index (χ1) is 4.19. The van der Waals surface area contributed by atoms with Crippen LogP contribution in [0.25, 0.3) is 0 Å². The first-order valence-electron chi connectivity index (χ1n) is 3.01. The lowest BCUT2D eigenvalue weighted by Crippen LogP contribution is -1.94. The van der Waals surface area contributed by atoms with Crippen LogP contribution < -0.4 is 0 Å². The molecule has 1 fully saturated rings. The van der Waals surface area contributed by atoms with Crippen molar-refractivity contribution in [1.82, 2.24) is 0 Å². The summed E-state index contributed by atoms with van der Waals surface area (Å²) in [6.07, 6.45) is 0. The van der Waals surface area contributed by atoms with Gasteiger partial charge < -0.3 is 0 Å². The molecule has 0 unspecified atom stereocenters. The highest BCUT2D eigenvalue weighted by atomic mass is 14.6. The summed E-state index contributed by atoms with van der Waals surface area (Å²) in [6, 6.07) is 4.08. The van der Waals surface area contributed by atoms with Crippen molar-refractivity contribution in [2.45, 2.75) is 13.8 Å². The minimum Gasteiger partial charge on any atom is -0.197 e. The second-order valence-electron chi connectivity index (χ2n) is 2.67. The highest BCUT2D eigenvalue weighted by Crippen LogP contribution is 2.57. The molecule has 0 spiro atoms. The largest absolute Gasteiger partial charge is 0.197 e. The van der Waals surface area contributed by atoms with E-state index in [2.05, 4.69) is 0 Å². The van der Waals surface area contributed by atoms with Gasteiger partial charge in [-0.1, -0.05) is 13.8 Å². The zero-order valence-electron chi connectivity index (χ0n) is 5.55. The topological polar surface area (TPSA) is 47.6 Å². The number of nitriles is 2. The van der Waals surface area contributed by atoms with Crippen molar-refractivity contribution in [2.75, 3.05) is 0 Å². The maximum atomic E-state index is 8.52. The van der Waals surface area contributed by atoms with Gasteiger partial charge in [-0.3, -0.25) is 0 Å². The third kappa shape index (κ3) is 0.481. The molecule has 0 aromatic carbocycles. The van der Waals surface area contributed by atoms with Gasteiger partial charge in [-0.2, -0.15) is 10.5 Å². The fourth-order valence-electron chi connectivity index (χ4n) is 1.21. The van der Waals surface area contributed by atoms with Crippen molar-refractivity contribution in [2.24, 2.45) is 17.3 Å². The van der Waals surface area contributed by atoms with E-state index in [9.17, 15) is 0 Å². The zero-order chi connectivity index (χ0) is 7.07. The lowest BCUT2D eigenvalue weighted by molar-refractivity contribution is 0.762. The van der Waals surface area contributed by atoms with E-state index in [0.29, 0.717) is 0 Å². The smallest absolute Gasteiger partial charge is 0.149 e. The van der Waals surface area contributed by atoms with Gasteiger partial charge in [0.25, 0.3) is 0 Å². The van der Waals surface area contributed by atoms with Gasteiger partial charge in [-0.15, -0.1) is 0 Å². The Labute approximate surface area is 54.7 Å². The minimum atomic E-state index is -0.639. The lowest BCUT2D eigenvalue weighted by atomic mass is 10.1. The van der Waals surface area contributed by atoms with Crippen LogP contribution in [0.15, 0.2) is 0 Å². The van der Waals surface area contributed by atoms with Crippen LogP contribution in [0.1, 0.15) is 13.8 Å². The van der Waals surface area contributed by atoms with E-state index in [4.69, 9.17) is 10.5 Å². The van der Waals surface area contributed by atoms with E-state index in [-0.39, 0.29) is 11.8 Å². The number of hydrogen-bond acceptors (Lipinski definition) is 2. The van der Waals surface area contributed by atoms with E-state index in [1.54, 1.807) is 0 Å². The summed E-state index contributed by atoms with van der Waals surface area (Å²) in [5.74, 6) is 0.542. The van der Waals surface area contributed by atoms with E-state index < -0.39 is 5.41 Å². The van der Waals surface area contributed by atoms with Crippen molar-refractivity contribution in [1.29, 1.82) is 10.5 Å². The lowest BCUT2D eigenvalue weighted by Gasteiger charge is -1.86. The summed E-state index contributed by atoms with van der Waals surface area (Å²) in [4.78, 5) is 0. The summed E-state index contributed by atoms with van der Waals surface area (Å²) in [5.41, 5.74) is -0.639. The molecular formula is C7H8N2. The molecule has 1 aliphatic rings. The van der Waals surface area contributed by atoms with Gasteiger partial charge in [0.2, 0.25) is 0 Å². The van der Waals surface area contributed by atoms with Crippen LogP contribution in [0.5, 0.6) is 0 Å². The Morgan fingerprint density at radius 2 is 1.44 bits per heavy atom. The third-order valence-electron chi connectivity index (χ3n) is 2.45. The van der Waals surface area contributed by atoms with Crippen LogP contribution >= 0.6 is 0 Å². The van der Waals surface area contributed by atoms with Crippen molar-refractivity contribution in [3.8, 4) is 12.1 Å². The molecule has 1 saturated carbocycles. The Bertz CT molecular complexity index is 182. The van der Waals surface area contributed by atoms with Crippen LogP contribution in [0.4, 0.5) is 0 Å². The van der Waals surface area contributed by atoms with Crippen molar-refractivity contribution in [3.05, 3.63) is 0 Å². The molecule has 2 heteroatoms. The van der Waals surface area contributed by atoms with Crippen molar-refractivity contribution >= 4 is 0 Å². The molecule has 0 radical (unpaired) electrons. The SMILES string of the molecule is C[C@H]1[C@H](C)C1(C#N)C#N. The van der Waals surface area contributed by atoms with Gasteiger partial charge in [0.15, 0.2) is 0 Å². The molecule has 1 aliphatic carbocycles. The molecule has 0 aromatic heterocycles. The molecule has 0 heterocycles. The average Bonchev–Trinajstić information content (AvgIpc) is 2.39. The first-order valence-corrected chi connectivity index (χ1v) is 3.01. The molecule has 0 aromatic rings. The predicted octanol–water partition coefficient (Wildman–Crippen LogP) is 1.31. The summed E-state index contributed by atoms with van der Waals surface area (Å²) in [7, 11) is 0. The Morgan fingerprint density at radius 1 is 1.11 bits per heavy atom. The molecule has 1 rings (SSSR count). The Morgan fingerprint density at radius 3 is 1.44 bits per heavy atom. The van der Waals surface area contributed by atoms with Crippen LogP contribution in [0, 0.1) is 39.9 Å². The van der Waals surface area contributed by atoms with Gasteiger partial charge in [0.05, 0.1) is 12.1 Å². The highest BCUT2D eigenvalue weighted by molar-refractivity contribution is 5.30.